The second-order valence-corrected chi connectivity index (χ2v) is 7.48. The highest BCUT2D eigenvalue weighted by molar-refractivity contribution is 6.39. The van der Waals surface area contributed by atoms with E-state index in [9.17, 15) is 9.59 Å². The van der Waals surface area contributed by atoms with Crippen molar-refractivity contribution in [3.05, 3.63) is 57.0 Å². The van der Waals surface area contributed by atoms with E-state index >= 15 is 0 Å². The summed E-state index contributed by atoms with van der Waals surface area (Å²) in [5.74, 6) is 0.175. The number of rotatable bonds is 8. The standard InChI is InChI=1S/C20H21Cl3N2O3/c1-13-11-14(8-9-15(13)21)28-10-4-7-19(27)25(2)12-18(26)24-20-16(22)5-3-6-17(20)23/h3,5-6,8-9,11H,4,7,10,12H2,1-2H3,(H,24,26). The van der Waals surface area contributed by atoms with E-state index in [0.29, 0.717) is 39.5 Å². The molecule has 8 heteroatoms. The number of hydrogen-bond acceptors (Lipinski definition) is 3. The minimum Gasteiger partial charge on any atom is -0.494 e. The molecule has 2 aromatic carbocycles. The van der Waals surface area contributed by atoms with Crippen LogP contribution in [0.3, 0.4) is 0 Å². The van der Waals surface area contributed by atoms with Gasteiger partial charge < -0.3 is 15.0 Å². The molecule has 0 fully saturated rings. The topological polar surface area (TPSA) is 58.6 Å². The van der Waals surface area contributed by atoms with Gasteiger partial charge in [0.15, 0.2) is 0 Å². The fraction of sp³-hybridized carbons (Fsp3) is 0.300. The Morgan fingerprint density at radius 2 is 1.75 bits per heavy atom. The third kappa shape index (κ3) is 6.59. The number of nitrogens with one attached hydrogen (secondary N) is 1. The molecule has 0 aromatic heterocycles. The Labute approximate surface area is 179 Å². The molecule has 0 bridgehead atoms. The first-order valence-corrected chi connectivity index (χ1v) is 9.78. The summed E-state index contributed by atoms with van der Waals surface area (Å²) in [6, 6.07) is 10.3. The molecular formula is C20H21Cl3N2O3. The summed E-state index contributed by atoms with van der Waals surface area (Å²) in [6.45, 7) is 2.19. The Hall–Kier alpha value is -1.95. The van der Waals surface area contributed by atoms with Crippen LogP contribution < -0.4 is 10.1 Å². The lowest BCUT2D eigenvalue weighted by Crippen LogP contribution is -2.35. The molecule has 2 rings (SSSR count). The maximum Gasteiger partial charge on any atom is 0.244 e. The first kappa shape index (κ1) is 22.3. The average Bonchev–Trinajstić information content (AvgIpc) is 2.64. The molecule has 0 unspecified atom stereocenters. The molecule has 0 aliphatic rings. The molecule has 5 nitrogen and oxygen atoms in total. The van der Waals surface area contributed by atoms with Crippen LogP contribution in [-0.4, -0.2) is 36.9 Å². The van der Waals surface area contributed by atoms with Gasteiger partial charge in [-0.05, 0) is 49.2 Å². The first-order chi connectivity index (χ1) is 13.3. The Morgan fingerprint density at radius 1 is 1.07 bits per heavy atom. The van der Waals surface area contributed by atoms with E-state index in [4.69, 9.17) is 39.5 Å². The molecule has 28 heavy (non-hydrogen) atoms. The van der Waals surface area contributed by atoms with Crippen molar-refractivity contribution in [3.63, 3.8) is 0 Å². The van der Waals surface area contributed by atoms with E-state index in [-0.39, 0.29) is 24.8 Å². The molecule has 0 atom stereocenters. The zero-order valence-electron chi connectivity index (χ0n) is 15.6. The number of benzene rings is 2. The van der Waals surface area contributed by atoms with Crippen molar-refractivity contribution in [1.29, 1.82) is 0 Å². The van der Waals surface area contributed by atoms with Crippen LogP contribution in [0.2, 0.25) is 15.1 Å². The second kappa shape index (κ2) is 10.6. The van der Waals surface area contributed by atoms with E-state index < -0.39 is 0 Å². The van der Waals surface area contributed by atoms with E-state index in [0.717, 1.165) is 5.56 Å². The van der Waals surface area contributed by atoms with E-state index in [1.165, 1.54) is 4.90 Å². The fourth-order valence-corrected chi connectivity index (χ4v) is 3.02. The van der Waals surface area contributed by atoms with Gasteiger partial charge in [0.05, 0.1) is 28.9 Å². The van der Waals surface area contributed by atoms with Gasteiger partial charge in [-0.15, -0.1) is 0 Å². The van der Waals surface area contributed by atoms with Crippen LogP contribution in [0.25, 0.3) is 0 Å². The molecule has 0 saturated carbocycles. The summed E-state index contributed by atoms with van der Waals surface area (Å²) in [7, 11) is 1.57. The Kier molecular flexibility index (Phi) is 8.42. The molecule has 1 N–H and O–H groups in total. The van der Waals surface area contributed by atoms with Crippen molar-refractivity contribution in [2.75, 3.05) is 25.5 Å². The molecule has 2 amide bonds. The van der Waals surface area contributed by atoms with Crippen molar-refractivity contribution >= 4 is 52.3 Å². The highest BCUT2D eigenvalue weighted by atomic mass is 35.5. The number of aryl methyl sites for hydroxylation is 1. The third-order valence-corrected chi connectivity index (χ3v) is 5.02. The summed E-state index contributed by atoms with van der Waals surface area (Å²) in [5.41, 5.74) is 1.27. The van der Waals surface area contributed by atoms with E-state index in [1.807, 2.05) is 13.0 Å². The molecule has 0 saturated heterocycles. The SMILES string of the molecule is Cc1cc(OCCCC(=O)N(C)CC(=O)Nc2c(Cl)cccc2Cl)ccc1Cl. The quantitative estimate of drug-likeness (QED) is 0.570. The summed E-state index contributed by atoms with van der Waals surface area (Å²) in [6.07, 6.45) is 0.798. The van der Waals surface area contributed by atoms with Gasteiger partial charge in [-0.1, -0.05) is 40.9 Å². The van der Waals surface area contributed by atoms with Gasteiger partial charge in [0.1, 0.15) is 5.75 Å². The number of ether oxygens (including phenoxy) is 1. The van der Waals surface area contributed by atoms with Crippen LogP contribution >= 0.6 is 34.8 Å². The molecule has 0 aliphatic heterocycles. The van der Waals surface area contributed by atoms with Gasteiger partial charge in [0, 0.05) is 18.5 Å². The normalized spacial score (nSPS) is 10.5. The lowest BCUT2D eigenvalue weighted by molar-refractivity contribution is -0.133. The van der Waals surface area contributed by atoms with Crippen LogP contribution in [0.1, 0.15) is 18.4 Å². The van der Waals surface area contributed by atoms with Gasteiger partial charge in [-0.2, -0.15) is 0 Å². The lowest BCUT2D eigenvalue weighted by Gasteiger charge is -2.17. The summed E-state index contributed by atoms with van der Waals surface area (Å²) in [4.78, 5) is 25.7. The maximum atomic E-state index is 12.2. The molecule has 150 valence electrons. The number of anilines is 1. The Balaban J connectivity index is 1.74. The van der Waals surface area contributed by atoms with Crippen LogP contribution in [0.5, 0.6) is 5.75 Å². The molecule has 0 radical (unpaired) electrons. The number of amides is 2. The van der Waals surface area contributed by atoms with Gasteiger partial charge in [-0.3, -0.25) is 9.59 Å². The summed E-state index contributed by atoms with van der Waals surface area (Å²) in [5, 5.41) is 3.99. The lowest BCUT2D eigenvalue weighted by atomic mass is 10.2. The number of halogens is 3. The van der Waals surface area contributed by atoms with Crippen molar-refractivity contribution < 1.29 is 14.3 Å². The van der Waals surface area contributed by atoms with Crippen LogP contribution in [0.15, 0.2) is 36.4 Å². The molecule has 0 aliphatic carbocycles. The highest BCUT2D eigenvalue weighted by Gasteiger charge is 2.15. The average molecular weight is 444 g/mol. The van der Waals surface area contributed by atoms with Crippen molar-refractivity contribution in [2.24, 2.45) is 0 Å². The zero-order valence-corrected chi connectivity index (χ0v) is 17.9. The minimum absolute atomic E-state index is 0.0996. The van der Waals surface area contributed by atoms with E-state index in [1.54, 1.807) is 37.4 Å². The van der Waals surface area contributed by atoms with Gasteiger partial charge in [0.2, 0.25) is 11.8 Å². The van der Waals surface area contributed by atoms with Crippen LogP contribution in [0.4, 0.5) is 5.69 Å². The molecule has 0 heterocycles. The number of carbonyl (C=O) groups excluding carboxylic acids is 2. The third-order valence-electron chi connectivity index (χ3n) is 3.97. The van der Waals surface area contributed by atoms with Crippen molar-refractivity contribution in [3.8, 4) is 5.75 Å². The smallest absolute Gasteiger partial charge is 0.244 e. The van der Waals surface area contributed by atoms with Crippen LogP contribution in [0, 0.1) is 6.92 Å². The monoisotopic (exact) mass is 442 g/mol. The van der Waals surface area contributed by atoms with Gasteiger partial charge >= 0.3 is 0 Å². The minimum atomic E-state index is -0.376. The number of likely N-dealkylation sites (N-methyl/N-ethyl adjacent to an activating group) is 1. The molecule has 0 spiro atoms. The maximum absolute atomic E-state index is 12.2. The zero-order chi connectivity index (χ0) is 20.7. The largest absolute Gasteiger partial charge is 0.494 e. The van der Waals surface area contributed by atoms with Crippen molar-refractivity contribution in [2.45, 2.75) is 19.8 Å². The number of carbonyl (C=O) groups is 2. The summed E-state index contributed by atoms with van der Waals surface area (Å²) >= 11 is 18.0. The number of hydrogen-bond donors (Lipinski definition) is 1. The number of para-hydroxylation sites is 1. The predicted octanol–water partition coefficient (Wildman–Crippen LogP) is 5.21. The fourth-order valence-electron chi connectivity index (χ4n) is 2.41. The molecule has 2 aromatic rings. The van der Waals surface area contributed by atoms with Crippen LogP contribution in [-0.2, 0) is 9.59 Å². The highest BCUT2D eigenvalue weighted by Crippen LogP contribution is 2.29. The first-order valence-electron chi connectivity index (χ1n) is 8.64. The Bertz CT molecular complexity index is 838. The predicted molar refractivity (Wildman–Crippen MR) is 114 cm³/mol. The van der Waals surface area contributed by atoms with Crippen molar-refractivity contribution in [1.82, 2.24) is 4.90 Å². The van der Waals surface area contributed by atoms with E-state index in [2.05, 4.69) is 5.32 Å². The summed E-state index contributed by atoms with van der Waals surface area (Å²) < 4.78 is 5.62. The second-order valence-electron chi connectivity index (χ2n) is 6.26. The Morgan fingerprint density at radius 3 is 2.39 bits per heavy atom. The van der Waals surface area contributed by atoms with Gasteiger partial charge in [0.25, 0.3) is 0 Å². The van der Waals surface area contributed by atoms with Gasteiger partial charge in [-0.25, -0.2) is 0 Å². The number of nitrogens with zero attached hydrogens (tertiary/aromatic N) is 1. The molecular weight excluding hydrogens is 423 g/mol.